The predicted molar refractivity (Wildman–Crippen MR) is 74.0 cm³/mol. The number of nitrogens with zero attached hydrogens (tertiary/aromatic N) is 2. The number of rotatable bonds is 4. The van der Waals surface area contributed by atoms with Gasteiger partial charge in [0, 0.05) is 17.2 Å². The van der Waals surface area contributed by atoms with Crippen molar-refractivity contribution in [3.8, 4) is 5.75 Å². The van der Waals surface area contributed by atoms with Gasteiger partial charge >= 0.3 is 10.0 Å². The van der Waals surface area contributed by atoms with Crippen molar-refractivity contribution >= 4 is 21.1 Å². The maximum atomic E-state index is 12.5. The van der Waals surface area contributed by atoms with E-state index in [2.05, 4.69) is 10.3 Å². The van der Waals surface area contributed by atoms with Crippen LogP contribution in [0.1, 0.15) is 25.7 Å². The van der Waals surface area contributed by atoms with Gasteiger partial charge in [-0.25, -0.2) is 0 Å². The van der Waals surface area contributed by atoms with Crippen molar-refractivity contribution in [2.24, 2.45) is 5.92 Å². The van der Waals surface area contributed by atoms with E-state index in [-0.39, 0.29) is 11.7 Å². The van der Waals surface area contributed by atoms with Crippen molar-refractivity contribution in [1.82, 2.24) is 10.3 Å². The normalized spacial score (nSPS) is 16.9. The summed E-state index contributed by atoms with van der Waals surface area (Å²) in [4.78, 5) is 0. The lowest BCUT2D eigenvalue weighted by Crippen LogP contribution is -2.47. The molecule has 20 heavy (non-hydrogen) atoms. The van der Waals surface area contributed by atoms with Crippen molar-refractivity contribution in [2.75, 3.05) is 12.9 Å². The molecule has 1 aliphatic carbocycles. The molecule has 0 atom stereocenters. The number of ether oxygens (including phenoxy) is 1. The molecule has 0 unspecified atom stereocenters. The van der Waals surface area contributed by atoms with Crippen molar-refractivity contribution in [1.29, 1.82) is 0 Å². The lowest BCUT2D eigenvalue weighted by molar-refractivity contribution is -0.553. The first-order chi connectivity index (χ1) is 9.60. The van der Waals surface area contributed by atoms with Gasteiger partial charge < -0.3 is 4.74 Å². The molecule has 1 aromatic heterocycles. The maximum absolute atomic E-state index is 12.5. The Labute approximate surface area is 117 Å². The first-order valence-corrected chi connectivity index (χ1v) is 8.38. The molecule has 0 saturated heterocycles. The maximum Gasteiger partial charge on any atom is 0.322 e. The van der Waals surface area contributed by atoms with E-state index in [1.807, 2.05) is 0 Å². The number of H-pyrrole nitrogens is 1. The summed E-state index contributed by atoms with van der Waals surface area (Å²) in [5, 5.41) is 6.64. The highest BCUT2D eigenvalue weighted by Gasteiger charge is 2.30. The highest BCUT2D eigenvalue weighted by Crippen LogP contribution is 2.26. The zero-order chi connectivity index (χ0) is 14.2. The van der Waals surface area contributed by atoms with E-state index in [0.29, 0.717) is 16.8 Å². The molecule has 3 rings (SSSR count). The van der Waals surface area contributed by atoms with Gasteiger partial charge in [-0.05, 0) is 34.1 Å². The van der Waals surface area contributed by atoms with Gasteiger partial charge in [0.2, 0.25) is 5.52 Å². The second-order valence-electron chi connectivity index (χ2n) is 5.26. The summed E-state index contributed by atoms with van der Waals surface area (Å²) in [6, 6.07) is 5.19. The summed E-state index contributed by atoms with van der Waals surface area (Å²) in [6.45, 7) is 0. The van der Waals surface area contributed by atoms with E-state index in [9.17, 15) is 8.42 Å². The van der Waals surface area contributed by atoms with E-state index < -0.39 is 10.0 Å². The quantitative estimate of drug-likeness (QED) is 0.861. The molecule has 2 aromatic rings. The van der Waals surface area contributed by atoms with E-state index >= 15 is 0 Å². The Hall–Kier alpha value is -1.63. The summed E-state index contributed by atoms with van der Waals surface area (Å²) in [5.74, 6) is 1.05. The predicted octanol–water partition coefficient (Wildman–Crippen LogP) is 1.23. The molecule has 0 aliphatic heterocycles. The minimum Gasteiger partial charge on any atom is -0.497 e. The van der Waals surface area contributed by atoms with Crippen LogP contribution in [0.4, 0.5) is 0 Å². The summed E-state index contributed by atoms with van der Waals surface area (Å²) in [6.07, 6.45) is 4.25. The monoisotopic (exact) mass is 296 g/mol. The highest BCUT2D eigenvalue weighted by atomic mass is 32.2. The fourth-order valence-electron chi connectivity index (χ4n) is 2.80. The molecular weight excluding hydrogens is 278 g/mol. The van der Waals surface area contributed by atoms with Crippen molar-refractivity contribution < 1.29 is 17.2 Å². The van der Waals surface area contributed by atoms with Gasteiger partial charge in [-0.3, -0.25) is 0 Å². The fraction of sp³-hybridized carbons (Fsp3) is 0.538. The lowest BCUT2D eigenvalue weighted by atomic mass is 10.1. The molecule has 1 heterocycles. The van der Waals surface area contributed by atoms with Crippen LogP contribution in [0.5, 0.6) is 5.75 Å². The van der Waals surface area contributed by atoms with Gasteiger partial charge in [0.15, 0.2) is 0 Å². The smallest absolute Gasteiger partial charge is 0.322 e. The third-order valence-corrected chi connectivity index (χ3v) is 5.59. The van der Waals surface area contributed by atoms with Gasteiger partial charge in [-0.15, -0.1) is 0 Å². The van der Waals surface area contributed by atoms with Crippen molar-refractivity contribution in [2.45, 2.75) is 25.7 Å². The number of fused-ring (bicyclic) bond motifs is 1. The Morgan fingerprint density at radius 3 is 2.85 bits per heavy atom. The zero-order valence-electron chi connectivity index (χ0n) is 11.4. The minimum atomic E-state index is -3.41. The van der Waals surface area contributed by atoms with Crippen LogP contribution in [0.15, 0.2) is 18.2 Å². The molecule has 1 aliphatic rings. The lowest BCUT2D eigenvalue weighted by Gasteiger charge is -2.06. The molecule has 6 nitrogen and oxygen atoms in total. The summed E-state index contributed by atoms with van der Waals surface area (Å²) >= 11 is 0. The number of hydrogen-bond acceptors (Lipinski definition) is 4. The Kier molecular flexibility index (Phi) is 3.37. The second-order valence-corrected chi connectivity index (χ2v) is 7.12. The third kappa shape index (κ3) is 2.37. The Morgan fingerprint density at radius 1 is 1.40 bits per heavy atom. The largest absolute Gasteiger partial charge is 0.497 e. The van der Waals surface area contributed by atoms with Crippen LogP contribution in [-0.2, 0) is 10.0 Å². The van der Waals surface area contributed by atoms with Crippen LogP contribution in [0.25, 0.3) is 11.0 Å². The molecule has 0 amide bonds. The molecule has 108 valence electrons. The van der Waals surface area contributed by atoms with E-state index in [4.69, 9.17) is 4.74 Å². The minimum absolute atomic E-state index is 0.173. The number of hydrogen-bond donors (Lipinski definition) is 1. The Bertz CT molecular complexity index is 718. The highest BCUT2D eigenvalue weighted by molar-refractivity contribution is 7.84. The topological polar surface area (TPSA) is 75.9 Å². The number of benzene rings is 1. The molecule has 0 radical (unpaired) electrons. The van der Waals surface area contributed by atoms with Gasteiger partial charge in [0.05, 0.1) is 12.9 Å². The number of methoxy groups -OCH3 is 1. The number of aromatic amines is 1. The molecule has 0 spiro atoms. The second kappa shape index (κ2) is 5.05. The summed E-state index contributed by atoms with van der Waals surface area (Å²) < 4.78 is 31.3. The van der Waals surface area contributed by atoms with Crippen LogP contribution >= 0.6 is 0 Å². The van der Waals surface area contributed by atoms with Crippen molar-refractivity contribution in [3.63, 3.8) is 0 Å². The van der Waals surface area contributed by atoms with Crippen LogP contribution in [-0.4, -0.2) is 31.6 Å². The molecular formula is C13H18N3O3S+. The third-order valence-electron chi connectivity index (χ3n) is 3.86. The summed E-state index contributed by atoms with van der Waals surface area (Å²) in [5.41, 5.74) is 1.14. The Morgan fingerprint density at radius 2 is 2.15 bits per heavy atom. The van der Waals surface area contributed by atoms with Crippen LogP contribution in [0, 0.1) is 5.92 Å². The zero-order valence-corrected chi connectivity index (χ0v) is 12.2. The summed E-state index contributed by atoms with van der Waals surface area (Å²) in [7, 11) is -1.85. The molecule has 0 bridgehead atoms. The molecule has 1 N–H and O–H groups in total. The van der Waals surface area contributed by atoms with Crippen LogP contribution < -0.4 is 8.82 Å². The Balaban J connectivity index is 1.99. The van der Waals surface area contributed by atoms with Gasteiger partial charge in [-0.2, -0.15) is 8.42 Å². The van der Waals surface area contributed by atoms with Gasteiger partial charge in [0.25, 0.3) is 5.52 Å². The standard InChI is InChI=1S/C13H17N3O3S/c1-19-11-6-7-12-13(8-11)16(15-14-12)20(17,18)9-10-4-2-3-5-10/h6-8,10H,2-5,9H2,1H3/p+1. The van der Waals surface area contributed by atoms with Crippen LogP contribution in [0.3, 0.4) is 0 Å². The van der Waals surface area contributed by atoms with Gasteiger partial charge in [0.1, 0.15) is 5.75 Å². The van der Waals surface area contributed by atoms with Crippen LogP contribution in [0.2, 0.25) is 0 Å². The number of aromatic nitrogens is 3. The molecule has 7 heteroatoms. The van der Waals surface area contributed by atoms with E-state index in [1.54, 1.807) is 25.3 Å². The van der Waals surface area contributed by atoms with Crippen molar-refractivity contribution in [3.05, 3.63) is 18.2 Å². The number of nitrogens with one attached hydrogen (secondary N) is 1. The fourth-order valence-corrected chi connectivity index (χ4v) is 4.49. The van der Waals surface area contributed by atoms with Gasteiger partial charge in [-0.1, -0.05) is 12.8 Å². The molecule has 1 aromatic carbocycles. The molecule has 1 fully saturated rings. The average Bonchev–Trinajstić information content (AvgIpc) is 3.06. The molecule has 1 saturated carbocycles. The average molecular weight is 296 g/mol. The SMILES string of the molecule is COc1ccc2n[nH][n+](S(=O)(=O)CC3CCCC3)c2c1. The first-order valence-electron chi connectivity index (χ1n) is 6.77. The van der Waals surface area contributed by atoms with E-state index in [0.717, 1.165) is 25.7 Å². The first kappa shape index (κ1) is 13.4. The van der Waals surface area contributed by atoms with E-state index in [1.165, 1.54) is 4.09 Å².